The standard InChI is InChI=1S/C12H16BrIN2O2/c1-8(7-18-2)16-12(17)6-15-11-5-9(13)3-4-10(11)14/h3-5,8,15H,6-7H2,1-2H3,(H,16,17). The Labute approximate surface area is 129 Å². The predicted octanol–water partition coefficient (Wildman–Crippen LogP) is 2.62. The predicted molar refractivity (Wildman–Crippen MR) is 84.8 cm³/mol. The number of ether oxygens (including phenoxy) is 1. The first-order chi connectivity index (χ1) is 8.52. The van der Waals surface area contributed by atoms with Crippen molar-refractivity contribution in [1.82, 2.24) is 5.32 Å². The molecule has 0 aliphatic rings. The fourth-order valence-electron chi connectivity index (χ4n) is 1.43. The van der Waals surface area contributed by atoms with Crippen molar-refractivity contribution >= 4 is 50.1 Å². The Bertz CT molecular complexity index is 415. The third kappa shape index (κ3) is 5.53. The molecule has 18 heavy (non-hydrogen) atoms. The SMILES string of the molecule is COCC(C)NC(=O)CNc1cc(Br)ccc1I. The lowest BCUT2D eigenvalue weighted by Crippen LogP contribution is -2.39. The lowest BCUT2D eigenvalue weighted by molar-refractivity contribution is -0.120. The smallest absolute Gasteiger partial charge is 0.239 e. The summed E-state index contributed by atoms with van der Waals surface area (Å²) >= 11 is 5.63. The van der Waals surface area contributed by atoms with Crippen LogP contribution in [0, 0.1) is 3.57 Å². The van der Waals surface area contributed by atoms with Crippen LogP contribution in [0.25, 0.3) is 0 Å². The van der Waals surface area contributed by atoms with Gasteiger partial charge in [0.2, 0.25) is 5.91 Å². The summed E-state index contributed by atoms with van der Waals surface area (Å²) in [5.74, 6) is -0.0460. The largest absolute Gasteiger partial charge is 0.383 e. The van der Waals surface area contributed by atoms with E-state index >= 15 is 0 Å². The van der Waals surface area contributed by atoms with Gasteiger partial charge in [0.1, 0.15) is 0 Å². The highest BCUT2D eigenvalue weighted by Gasteiger charge is 2.07. The first kappa shape index (κ1) is 15.7. The van der Waals surface area contributed by atoms with Crippen molar-refractivity contribution in [2.75, 3.05) is 25.6 Å². The molecule has 0 aliphatic carbocycles. The molecule has 2 N–H and O–H groups in total. The van der Waals surface area contributed by atoms with Crippen molar-refractivity contribution in [3.8, 4) is 0 Å². The molecule has 0 aromatic heterocycles. The first-order valence-electron chi connectivity index (χ1n) is 5.50. The molecule has 0 saturated carbocycles. The molecule has 0 aliphatic heterocycles. The molecule has 0 bridgehead atoms. The van der Waals surface area contributed by atoms with Gasteiger partial charge in [-0.25, -0.2) is 0 Å². The van der Waals surface area contributed by atoms with Crippen LogP contribution in [-0.2, 0) is 9.53 Å². The van der Waals surface area contributed by atoms with Crippen molar-refractivity contribution in [3.63, 3.8) is 0 Å². The number of benzene rings is 1. The quantitative estimate of drug-likeness (QED) is 0.687. The third-order valence-corrected chi connectivity index (χ3v) is 3.63. The number of carbonyl (C=O) groups excluding carboxylic acids is 1. The summed E-state index contributed by atoms with van der Waals surface area (Å²) in [5, 5.41) is 5.96. The van der Waals surface area contributed by atoms with Gasteiger partial charge in [0, 0.05) is 26.9 Å². The van der Waals surface area contributed by atoms with Crippen LogP contribution in [0.3, 0.4) is 0 Å². The number of rotatable bonds is 6. The van der Waals surface area contributed by atoms with E-state index < -0.39 is 0 Å². The molecule has 0 heterocycles. The number of methoxy groups -OCH3 is 1. The Hall–Kier alpha value is -0.340. The lowest BCUT2D eigenvalue weighted by atomic mass is 10.3. The summed E-state index contributed by atoms with van der Waals surface area (Å²) in [7, 11) is 1.62. The van der Waals surface area contributed by atoms with Crippen molar-refractivity contribution in [1.29, 1.82) is 0 Å². The van der Waals surface area contributed by atoms with Gasteiger partial charge in [-0.3, -0.25) is 4.79 Å². The summed E-state index contributed by atoms with van der Waals surface area (Å²) in [5.41, 5.74) is 0.944. The molecule has 0 saturated heterocycles. The molecule has 1 rings (SSSR count). The van der Waals surface area contributed by atoms with E-state index in [0.717, 1.165) is 13.7 Å². The van der Waals surface area contributed by atoms with E-state index in [-0.39, 0.29) is 18.5 Å². The van der Waals surface area contributed by atoms with E-state index in [1.165, 1.54) is 0 Å². The Morgan fingerprint density at radius 3 is 2.94 bits per heavy atom. The molecule has 1 aromatic rings. The Morgan fingerprint density at radius 2 is 2.28 bits per heavy atom. The van der Waals surface area contributed by atoms with E-state index in [0.29, 0.717) is 6.61 Å². The zero-order valence-electron chi connectivity index (χ0n) is 10.3. The van der Waals surface area contributed by atoms with Gasteiger partial charge in [-0.2, -0.15) is 0 Å². The van der Waals surface area contributed by atoms with Gasteiger partial charge >= 0.3 is 0 Å². The second-order valence-corrected chi connectivity index (χ2v) is 5.98. The summed E-state index contributed by atoms with van der Waals surface area (Å²) < 4.78 is 7.02. The van der Waals surface area contributed by atoms with Gasteiger partial charge < -0.3 is 15.4 Å². The summed E-state index contributed by atoms with van der Waals surface area (Å²) in [6.07, 6.45) is 0. The molecule has 0 radical (unpaired) electrons. The fourth-order valence-corrected chi connectivity index (χ4v) is 2.31. The van der Waals surface area contributed by atoms with Crippen LogP contribution in [0.4, 0.5) is 5.69 Å². The molecular formula is C12H16BrIN2O2. The zero-order valence-corrected chi connectivity index (χ0v) is 14.0. The Balaban J connectivity index is 2.45. The van der Waals surface area contributed by atoms with Crippen LogP contribution in [0.5, 0.6) is 0 Å². The summed E-state index contributed by atoms with van der Waals surface area (Å²) in [6.45, 7) is 2.67. The highest BCUT2D eigenvalue weighted by Crippen LogP contribution is 2.22. The van der Waals surface area contributed by atoms with Crippen molar-refractivity contribution < 1.29 is 9.53 Å². The normalized spacial score (nSPS) is 12.0. The molecule has 6 heteroatoms. The van der Waals surface area contributed by atoms with E-state index in [2.05, 4.69) is 49.2 Å². The van der Waals surface area contributed by atoms with Gasteiger partial charge in [-0.1, -0.05) is 15.9 Å². The molecule has 0 fully saturated rings. The van der Waals surface area contributed by atoms with Crippen LogP contribution in [-0.4, -0.2) is 32.2 Å². The second kappa shape index (κ2) is 7.96. The molecule has 1 unspecified atom stereocenters. The minimum absolute atomic E-state index is 0.0193. The monoisotopic (exact) mass is 426 g/mol. The van der Waals surface area contributed by atoms with Gasteiger partial charge in [0.25, 0.3) is 0 Å². The molecule has 100 valence electrons. The number of amides is 1. The van der Waals surface area contributed by atoms with E-state index in [1.54, 1.807) is 7.11 Å². The van der Waals surface area contributed by atoms with E-state index in [1.807, 2.05) is 25.1 Å². The lowest BCUT2D eigenvalue weighted by Gasteiger charge is -2.14. The minimum atomic E-state index is -0.0460. The maximum Gasteiger partial charge on any atom is 0.239 e. The zero-order chi connectivity index (χ0) is 13.5. The van der Waals surface area contributed by atoms with Crippen molar-refractivity contribution in [2.24, 2.45) is 0 Å². The first-order valence-corrected chi connectivity index (χ1v) is 7.37. The number of carbonyl (C=O) groups is 1. The minimum Gasteiger partial charge on any atom is -0.383 e. The fraction of sp³-hybridized carbons (Fsp3) is 0.417. The van der Waals surface area contributed by atoms with Crippen molar-refractivity contribution in [3.05, 3.63) is 26.2 Å². The third-order valence-electron chi connectivity index (χ3n) is 2.19. The van der Waals surface area contributed by atoms with Gasteiger partial charge in [-0.15, -0.1) is 0 Å². The van der Waals surface area contributed by atoms with Crippen LogP contribution < -0.4 is 10.6 Å². The highest BCUT2D eigenvalue weighted by molar-refractivity contribution is 14.1. The van der Waals surface area contributed by atoms with E-state index in [9.17, 15) is 4.79 Å². The molecule has 4 nitrogen and oxygen atoms in total. The molecule has 1 amide bonds. The Kier molecular flexibility index (Phi) is 6.95. The maximum atomic E-state index is 11.7. The summed E-state index contributed by atoms with van der Waals surface area (Å²) in [6, 6.07) is 5.92. The van der Waals surface area contributed by atoms with Crippen LogP contribution in [0.15, 0.2) is 22.7 Å². The van der Waals surface area contributed by atoms with Crippen LogP contribution in [0.2, 0.25) is 0 Å². The molecular weight excluding hydrogens is 411 g/mol. The second-order valence-electron chi connectivity index (χ2n) is 3.90. The van der Waals surface area contributed by atoms with E-state index in [4.69, 9.17) is 4.74 Å². The molecule has 0 spiro atoms. The van der Waals surface area contributed by atoms with Crippen LogP contribution in [0.1, 0.15) is 6.92 Å². The van der Waals surface area contributed by atoms with Gasteiger partial charge in [-0.05, 0) is 47.7 Å². The van der Waals surface area contributed by atoms with Crippen molar-refractivity contribution in [2.45, 2.75) is 13.0 Å². The number of halogens is 2. The van der Waals surface area contributed by atoms with Gasteiger partial charge in [0.15, 0.2) is 0 Å². The molecule has 1 atom stereocenters. The topological polar surface area (TPSA) is 50.4 Å². The van der Waals surface area contributed by atoms with Gasteiger partial charge in [0.05, 0.1) is 13.2 Å². The number of hydrogen-bond donors (Lipinski definition) is 2. The Morgan fingerprint density at radius 1 is 1.56 bits per heavy atom. The summed E-state index contributed by atoms with van der Waals surface area (Å²) in [4.78, 5) is 11.7. The maximum absolute atomic E-state index is 11.7. The highest BCUT2D eigenvalue weighted by atomic mass is 127. The average Bonchev–Trinajstić information content (AvgIpc) is 2.30. The number of anilines is 1. The average molecular weight is 427 g/mol. The number of hydrogen-bond acceptors (Lipinski definition) is 3. The molecule has 1 aromatic carbocycles. The number of nitrogens with one attached hydrogen (secondary N) is 2. The van der Waals surface area contributed by atoms with Crippen LogP contribution >= 0.6 is 38.5 Å².